The summed E-state index contributed by atoms with van der Waals surface area (Å²) < 4.78 is 11.2. The molecule has 0 amide bonds. The standard InChI is InChI=1S/C18H27N3O2/c1-3-22-12-6-10-21-11-9-15(14(2)13-21)19-18-20-16-7-4-5-8-17(16)23-18/h4-5,7-8,14-15H,3,6,9-13H2,1-2H3,(H,19,20). The Balaban J connectivity index is 1.50. The predicted octanol–water partition coefficient (Wildman–Crippen LogP) is 3.38. The third kappa shape index (κ3) is 4.24. The quantitative estimate of drug-likeness (QED) is 0.793. The Labute approximate surface area is 138 Å². The minimum Gasteiger partial charge on any atom is -0.424 e. The number of ether oxygens (including phenoxy) is 1. The van der Waals surface area contributed by atoms with Crippen molar-refractivity contribution in [3.8, 4) is 0 Å². The van der Waals surface area contributed by atoms with Crippen LogP contribution in [0.4, 0.5) is 6.01 Å². The lowest BCUT2D eigenvalue weighted by molar-refractivity contribution is 0.116. The van der Waals surface area contributed by atoms with Crippen molar-refractivity contribution in [3.05, 3.63) is 24.3 Å². The molecule has 0 radical (unpaired) electrons. The van der Waals surface area contributed by atoms with Crippen LogP contribution in [-0.4, -0.2) is 48.8 Å². The molecule has 2 atom stereocenters. The zero-order chi connectivity index (χ0) is 16.1. The van der Waals surface area contributed by atoms with Crippen molar-refractivity contribution in [2.24, 2.45) is 5.92 Å². The average Bonchev–Trinajstić information content (AvgIpc) is 2.96. The molecular weight excluding hydrogens is 290 g/mol. The number of likely N-dealkylation sites (tertiary alicyclic amines) is 1. The van der Waals surface area contributed by atoms with Gasteiger partial charge in [-0.2, -0.15) is 4.98 Å². The summed E-state index contributed by atoms with van der Waals surface area (Å²) in [5, 5.41) is 3.49. The van der Waals surface area contributed by atoms with Crippen LogP contribution in [0.2, 0.25) is 0 Å². The molecule has 0 bridgehead atoms. The first-order valence-electron chi connectivity index (χ1n) is 8.68. The molecule has 2 aromatic rings. The van der Waals surface area contributed by atoms with Crippen LogP contribution in [0.5, 0.6) is 0 Å². The van der Waals surface area contributed by atoms with Crippen molar-refractivity contribution in [2.75, 3.05) is 38.2 Å². The first kappa shape index (κ1) is 16.3. The maximum atomic E-state index is 5.79. The number of oxazole rings is 1. The second-order valence-corrected chi connectivity index (χ2v) is 6.35. The lowest BCUT2D eigenvalue weighted by Gasteiger charge is -2.37. The zero-order valence-electron chi connectivity index (χ0n) is 14.1. The molecule has 5 nitrogen and oxygen atoms in total. The molecule has 0 aliphatic carbocycles. The van der Waals surface area contributed by atoms with Gasteiger partial charge in [-0.15, -0.1) is 0 Å². The van der Waals surface area contributed by atoms with Gasteiger partial charge in [0.05, 0.1) is 0 Å². The molecule has 2 heterocycles. The lowest BCUT2D eigenvalue weighted by atomic mass is 9.94. The Morgan fingerprint density at radius 1 is 1.39 bits per heavy atom. The summed E-state index contributed by atoms with van der Waals surface area (Å²) in [6.07, 6.45) is 2.23. The molecule has 0 spiro atoms. The van der Waals surface area contributed by atoms with E-state index in [1.54, 1.807) is 0 Å². The number of nitrogens with one attached hydrogen (secondary N) is 1. The van der Waals surface area contributed by atoms with Gasteiger partial charge in [-0.1, -0.05) is 19.1 Å². The minimum atomic E-state index is 0.422. The van der Waals surface area contributed by atoms with Crippen LogP contribution in [-0.2, 0) is 4.74 Å². The number of hydrogen-bond donors (Lipinski definition) is 1. The van der Waals surface area contributed by atoms with Crippen LogP contribution in [0.25, 0.3) is 11.1 Å². The van der Waals surface area contributed by atoms with Crippen LogP contribution < -0.4 is 5.32 Å². The smallest absolute Gasteiger partial charge is 0.295 e. The Hall–Kier alpha value is -1.59. The molecule has 1 aliphatic rings. The molecule has 1 saturated heterocycles. The van der Waals surface area contributed by atoms with E-state index in [9.17, 15) is 0 Å². The summed E-state index contributed by atoms with van der Waals surface area (Å²) in [6, 6.07) is 8.96. The number of anilines is 1. The molecule has 3 rings (SSSR count). The summed E-state index contributed by atoms with van der Waals surface area (Å²) in [4.78, 5) is 7.06. The summed E-state index contributed by atoms with van der Waals surface area (Å²) >= 11 is 0. The first-order valence-corrected chi connectivity index (χ1v) is 8.68. The number of rotatable bonds is 7. The van der Waals surface area contributed by atoms with E-state index in [1.807, 2.05) is 31.2 Å². The number of aromatic nitrogens is 1. The van der Waals surface area contributed by atoms with Gasteiger partial charge >= 0.3 is 0 Å². The number of piperidine rings is 1. The van der Waals surface area contributed by atoms with E-state index in [-0.39, 0.29) is 0 Å². The van der Waals surface area contributed by atoms with Crippen molar-refractivity contribution in [1.82, 2.24) is 9.88 Å². The Morgan fingerprint density at radius 3 is 3.04 bits per heavy atom. The van der Waals surface area contributed by atoms with Crippen LogP contribution in [0.3, 0.4) is 0 Å². The maximum absolute atomic E-state index is 5.79. The van der Waals surface area contributed by atoms with Gasteiger partial charge in [-0.05, 0) is 37.8 Å². The highest BCUT2D eigenvalue weighted by molar-refractivity contribution is 5.74. The van der Waals surface area contributed by atoms with Gasteiger partial charge in [0.25, 0.3) is 6.01 Å². The zero-order valence-corrected chi connectivity index (χ0v) is 14.1. The van der Waals surface area contributed by atoms with E-state index >= 15 is 0 Å². The fourth-order valence-electron chi connectivity index (χ4n) is 3.28. The van der Waals surface area contributed by atoms with E-state index in [4.69, 9.17) is 9.15 Å². The molecular formula is C18H27N3O2. The number of fused-ring (bicyclic) bond motifs is 1. The third-order valence-corrected chi connectivity index (χ3v) is 4.56. The monoisotopic (exact) mass is 317 g/mol. The highest BCUT2D eigenvalue weighted by atomic mass is 16.5. The van der Waals surface area contributed by atoms with Crippen molar-refractivity contribution in [3.63, 3.8) is 0 Å². The van der Waals surface area contributed by atoms with Gasteiger partial charge in [0.15, 0.2) is 5.58 Å². The maximum Gasteiger partial charge on any atom is 0.295 e. The molecule has 126 valence electrons. The van der Waals surface area contributed by atoms with Crippen molar-refractivity contribution in [2.45, 2.75) is 32.7 Å². The van der Waals surface area contributed by atoms with Crippen LogP contribution in [0, 0.1) is 5.92 Å². The normalized spacial score (nSPS) is 22.5. The van der Waals surface area contributed by atoms with Gasteiger partial charge in [-0.25, -0.2) is 0 Å². The SMILES string of the molecule is CCOCCCN1CCC(Nc2nc3ccccc3o2)C(C)C1. The largest absolute Gasteiger partial charge is 0.424 e. The van der Waals surface area contributed by atoms with E-state index in [2.05, 4.69) is 22.1 Å². The van der Waals surface area contributed by atoms with Crippen LogP contribution in [0.15, 0.2) is 28.7 Å². The Kier molecular flexibility index (Phi) is 5.51. The highest BCUT2D eigenvalue weighted by Crippen LogP contribution is 2.24. The van der Waals surface area contributed by atoms with Crippen molar-refractivity contribution >= 4 is 17.1 Å². The fraction of sp³-hybridized carbons (Fsp3) is 0.611. The molecule has 1 N–H and O–H groups in total. The van der Waals surface area contributed by atoms with Crippen LogP contribution in [0.1, 0.15) is 26.7 Å². The summed E-state index contributed by atoms with van der Waals surface area (Å²) in [5.74, 6) is 0.575. The minimum absolute atomic E-state index is 0.422. The molecule has 1 aromatic carbocycles. The Bertz CT molecular complexity index is 580. The Morgan fingerprint density at radius 2 is 2.26 bits per heavy atom. The predicted molar refractivity (Wildman–Crippen MR) is 92.8 cm³/mol. The van der Waals surface area contributed by atoms with Gasteiger partial charge in [-0.3, -0.25) is 0 Å². The van der Waals surface area contributed by atoms with E-state index < -0.39 is 0 Å². The first-order chi connectivity index (χ1) is 11.3. The number of nitrogens with zero attached hydrogens (tertiary/aromatic N) is 2. The molecule has 1 fully saturated rings. The topological polar surface area (TPSA) is 50.5 Å². The van der Waals surface area contributed by atoms with E-state index in [0.717, 1.165) is 56.8 Å². The second-order valence-electron chi connectivity index (χ2n) is 6.35. The highest BCUT2D eigenvalue weighted by Gasteiger charge is 2.26. The summed E-state index contributed by atoms with van der Waals surface area (Å²) in [5.41, 5.74) is 1.76. The fourth-order valence-corrected chi connectivity index (χ4v) is 3.28. The molecule has 1 aliphatic heterocycles. The van der Waals surface area contributed by atoms with Gasteiger partial charge in [0, 0.05) is 38.9 Å². The molecule has 2 unspecified atom stereocenters. The molecule has 0 saturated carbocycles. The number of para-hydroxylation sites is 2. The second kappa shape index (κ2) is 7.79. The van der Waals surface area contributed by atoms with Crippen molar-refractivity contribution < 1.29 is 9.15 Å². The molecule has 23 heavy (non-hydrogen) atoms. The van der Waals surface area contributed by atoms with Crippen molar-refractivity contribution in [1.29, 1.82) is 0 Å². The van der Waals surface area contributed by atoms with Crippen LogP contribution >= 0.6 is 0 Å². The van der Waals surface area contributed by atoms with Gasteiger partial charge in [0.2, 0.25) is 0 Å². The molecule has 5 heteroatoms. The third-order valence-electron chi connectivity index (χ3n) is 4.56. The average molecular weight is 317 g/mol. The summed E-state index contributed by atoms with van der Waals surface area (Å²) in [7, 11) is 0. The summed E-state index contributed by atoms with van der Waals surface area (Å²) in [6.45, 7) is 9.39. The lowest BCUT2D eigenvalue weighted by Crippen LogP contribution is -2.45. The number of benzene rings is 1. The van der Waals surface area contributed by atoms with E-state index in [1.165, 1.54) is 0 Å². The van der Waals surface area contributed by atoms with E-state index in [0.29, 0.717) is 18.0 Å². The molecule has 1 aromatic heterocycles. The van der Waals surface area contributed by atoms with Gasteiger partial charge in [0.1, 0.15) is 5.52 Å². The van der Waals surface area contributed by atoms with Gasteiger partial charge < -0.3 is 19.4 Å². The number of hydrogen-bond acceptors (Lipinski definition) is 5.